The molecule has 0 unspecified atom stereocenters. The second kappa shape index (κ2) is 9.09. The highest BCUT2D eigenvalue weighted by Gasteiger charge is 2.11. The van der Waals surface area contributed by atoms with Gasteiger partial charge in [0, 0.05) is 36.6 Å². The van der Waals surface area contributed by atoms with E-state index in [1.807, 2.05) is 63.2 Å². The molecule has 4 aromatic rings. The van der Waals surface area contributed by atoms with Gasteiger partial charge in [0.05, 0.1) is 12.3 Å². The van der Waals surface area contributed by atoms with Crippen LogP contribution in [-0.2, 0) is 6.54 Å². The first-order chi connectivity index (χ1) is 15.4. The largest absolute Gasteiger partial charge is 0.494 e. The molecule has 32 heavy (non-hydrogen) atoms. The van der Waals surface area contributed by atoms with Crippen LogP contribution in [0, 0.1) is 13.8 Å². The lowest BCUT2D eigenvalue weighted by Gasteiger charge is -2.09. The van der Waals surface area contributed by atoms with E-state index in [1.165, 1.54) is 0 Å². The van der Waals surface area contributed by atoms with Crippen LogP contribution >= 0.6 is 0 Å². The Kier molecular flexibility index (Phi) is 6.07. The second-order valence-electron chi connectivity index (χ2n) is 7.75. The third-order valence-electron chi connectivity index (χ3n) is 5.19. The quantitative estimate of drug-likeness (QED) is 0.486. The Bertz CT molecular complexity index is 1300. The average Bonchev–Trinajstić information content (AvgIpc) is 3.20. The molecule has 0 aliphatic carbocycles. The van der Waals surface area contributed by atoms with E-state index in [4.69, 9.17) is 4.74 Å². The summed E-state index contributed by atoms with van der Waals surface area (Å²) in [7, 11) is 0. The summed E-state index contributed by atoms with van der Waals surface area (Å²) in [6, 6.07) is 15.1. The third-order valence-corrected chi connectivity index (χ3v) is 5.19. The average molecular weight is 431 g/mol. The maximum absolute atomic E-state index is 12.9. The Morgan fingerprint density at radius 3 is 2.44 bits per heavy atom. The van der Waals surface area contributed by atoms with Gasteiger partial charge in [-0.15, -0.1) is 0 Å². The number of benzene rings is 2. The topological polar surface area (TPSA) is 77.6 Å². The number of rotatable bonds is 7. The van der Waals surface area contributed by atoms with Crippen LogP contribution in [0.15, 0.2) is 65.7 Å². The highest BCUT2D eigenvalue weighted by Crippen LogP contribution is 2.21. The molecule has 0 radical (unpaired) electrons. The fourth-order valence-corrected chi connectivity index (χ4v) is 3.73. The number of carbonyl (C=O) groups excluding carboxylic acids is 1. The number of carbonyl (C=O) groups is 1. The maximum Gasteiger partial charge on any atom is 0.276 e. The SMILES string of the molecule is CCOc1ccc(-c2cc3c(=O)n(CCNC(=O)c4cc(C)cc(C)c4)ccn3n2)cc1. The molecule has 0 bridgehead atoms. The first-order valence-electron chi connectivity index (χ1n) is 10.6. The predicted molar refractivity (Wildman–Crippen MR) is 124 cm³/mol. The Morgan fingerprint density at radius 2 is 1.75 bits per heavy atom. The van der Waals surface area contributed by atoms with E-state index in [-0.39, 0.29) is 11.5 Å². The zero-order valence-corrected chi connectivity index (χ0v) is 18.5. The van der Waals surface area contributed by atoms with Crippen LogP contribution in [0.4, 0.5) is 0 Å². The van der Waals surface area contributed by atoms with Crippen molar-refractivity contribution in [3.8, 4) is 17.0 Å². The van der Waals surface area contributed by atoms with Gasteiger partial charge in [0.1, 0.15) is 11.3 Å². The summed E-state index contributed by atoms with van der Waals surface area (Å²) < 4.78 is 8.64. The molecule has 0 aliphatic heterocycles. The molecule has 164 valence electrons. The monoisotopic (exact) mass is 430 g/mol. The normalized spacial score (nSPS) is 11.0. The summed E-state index contributed by atoms with van der Waals surface area (Å²) in [4.78, 5) is 25.4. The van der Waals surface area contributed by atoms with Gasteiger partial charge in [-0.2, -0.15) is 5.10 Å². The Balaban J connectivity index is 1.47. The smallest absolute Gasteiger partial charge is 0.276 e. The Labute approximate surface area is 186 Å². The predicted octanol–water partition coefficient (Wildman–Crippen LogP) is 3.61. The van der Waals surface area contributed by atoms with Gasteiger partial charge in [-0.25, -0.2) is 4.52 Å². The van der Waals surface area contributed by atoms with Crippen LogP contribution in [0.5, 0.6) is 5.75 Å². The molecule has 0 saturated carbocycles. The summed E-state index contributed by atoms with van der Waals surface area (Å²) in [6.07, 6.45) is 3.44. The number of nitrogens with one attached hydrogen (secondary N) is 1. The van der Waals surface area contributed by atoms with Crippen molar-refractivity contribution in [2.24, 2.45) is 0 Å². The summed E-state index contributed by atoms with van der Waals surface area (Å²) in [5, 5.41) is 7.41. The van der Waals surface area contributed by atoms with Crippen LogP contribution in [0.25, 0.3) is 16.8 Å². The van der Waals surface area contributed by atoms with E-state index in [9.17, 15) is 9.59 Å². The summed E-state index contributed by atoms with van der Waals surface area (Å²) >= 11 is 0. The zero-order chi connectivity index (χ0) is 22.7. The van der Waals surface area contributed by atoms with E-state index >= 15 is 0 Å². The molecule has 7 nitrogen and oxygen atoms in total. The highest BCUT2D eigenvalue weighted by molar-refractivity contribution is 5.94. The maximum atomic E-state index is 12.9. The minimum Gasteiger partial charge on any atom is -0.494 e. The van der Waals surface area contributed by atoms with Gasteiger partial charge >= 0.3 is 0 Å². The van der Waals surface area contributed by atoms with Gasteiger partial charge in [-0.05, 0) is 63.2 Å². The standard InChI is InChI=1S/C25H26N4O3/c1-4-32-21-7-5-19(6-8-21)22-16-23-25(31)28(11-12-29(23)27-22)10-9-26-24(30)20-14-17(2)13-18(3)15-20/h5-8,11-16H,4,9-10H2,1-3H3,(H,26,30). The Hall–Kier alpha value is -3.87. The number of aromatic nitrogens is 3. The fourth-order valence-electron chi connectivity index (χ4n) is 3.73. The van der Waals surface area contributed by atoms with E-state index in [1.54, 1.807) is 27.5 Å². The molecule has 0 fully saturated rings. The molecule has 0 spiro atoms. The van der Waals surface area contributed by atoms with Gasteiger partial charge in [0.15, 0.2) is 0 Å². The van der Waals surface area contributed by atoms with Gasteiger partial charge in [-0.1, -0.05) is 17.2 Å². The van der Waals surface area contributed by atoms with E-state index in [0.29, 0.717) is 36.5 Å². The molecule has 0 atom stereocenters. The van der Waals surface area contributed by atoms with E-state index < -0.39 is 0 Å². The molecule has 2 aromatic heterocycles. The second-order valence-corrected chi connectivity index (χ2v) is 7.75. The van der Waals surface area contributed by atoms with Gasteiger partial charge < -0.3 is 14.6 Å². The highest BCUT2D eigenvalue weighted by atomic mass is 16.5. The van der Waals surface area contributed by atoms with Gasteiger partial charge in [-0.3, -0.25) is 9.59 Å². The number of hydrogen-bond donors (Lipinski definition) is 1. The van der Waals surface area contributed by atoms with Crippen LogP contribution < -0.4 is 15.6 Å². The van der Waals surface area contributed by atoms with Crippen LogP contribution in [0.2, 0.25) is 0 Å². The lowest BCUT2D eigenvalue weighted by molar-refractivity contribution is 0.0952. The number of hydrogen-bond acceptors (Lipinski definition) is 4. The summed E-state index contributed by atoms with van der Waals surface area (Å²) in [5.74, 6) is 0.651. The number of aryl methyl sites for hydroxylation is 2. The van der Waals surface area contributed by atoms with Crippen molar-refractivity contribution >= 4 is 11.4 Å². The van der Waals surface area contributed by atoms with Crippen molar-refractivity contribution in [2.45, 2.75) is 27.3 Å². The van der Waals surface area contributed by atoms with Crippen LogP contribution in [0.3, 0.4) is 0 Å². The van der Waals surface area contributed by atoms with E-state index in [2.05, 4.69) is 10.4 Å². The number of fused-ring (bicyclic) bond motifs is 1. The van der Waals surface area contributed by atoms with Crippen molar-refractivity contribution in [1.82, 2.24) is 19.5 Å². The number of nitrogens with zero attached hydrogens (tertiary/aromatic N) is 3. The minimum atomic E-state index is -0.155. The molecule has 4 rings (SSSR count). The third kappa shape index (κ3) is 4.56. The van der Waals surface area contributed by atoms with Crippen molar-refractivity contribution in [3.05, 3.63) is 88.0 Å². The number of ether oxygens (including phenoxy) is 1. The first-order valence-corrected chi connectivity index (χ1v) is 10.6. The molecule has 0 aliphatic rings. The number of amides is 1. The van der Waals surface area contributed by atoms with Gasteiger partial charge in [0.25, 0.3) is 11.5 Å². The van der Waals surface area contributed by atoms with Gasteiger partial charge in [0.2, 0.25) is 0 Å². The van der Waals surface area contributed by atoms with Crippen molar-refractivity contribution in [3.63, 3.8) is 0 Å². The molecule has 1 N–H and O–H groups in total. The molecular weight excluding hydrogens is 404 g/mol. The molecule has 2 heterocycles. The van der Waals surface area contributed by atoms with Crippen LogP contribution in [0.1, 0.15) is 28.4 Å². The van der Waals surface area contributed by atoms with E-state index in [0.717, 1.165) is 22.4 Å². The molecule has 0 saturated heterocycles. The van der Waals surface area contributed by atoms with Crippen molar-refractivity contribution in [1.29, 1.82) is 0 Å². The van der Waals surface area contributed by atoms with Crippen LogP contribution in [-0.4, -0.2) is 33.2 Å². The Morgan fingerprint density at radius 1 is 1.03 bits per heavy atom. The fraction of sp³-hybridized carbons (Fsp3) is 0.240. The van der Waals surface area contributed by atoms with Crippen molar-refractivity contribution in [2.75, 3.05) is 13.2 Å². The lowest BCUT2D eigenvalue weighted by atomic mass is 10.1. The zero-order valence-electron chi connectivity index (χ0n) is 18.5. The summed E-state index contributed by atoms with van der Waals surface area (Å²) in [5.41, 5.74) is 4.66. The summed E-state index contributed by atoms with van der Waals surface area (Å²) in [6.45, 7) is 7.20. The molecule has 7 heteroatoms. The molecular formula is C25H26N4O3. The minimum absolute atomic E-state index is 0.145. The molecule has 2 aromatic carbocycles. The van der Waals surface area contributed by atoms with Crippen molar-refractivity contribution < 1.29 is 9.53 Å². The molecule has 1 amide bonds. The first kappa shape index (κ1) is 21.4. The lowest BCUT2D eigenvalue weighted by Crippen LogP contribution is -2.31.